The number of hydrogen-bond donors (Lipinski definition) is 0. The van der Waals surface area contributed by atoms with Crippen LogP contribution in [0.15, 0.2) is 34.5 Å². The third-order valence-corrected chi connectivity index (χ3v) is 1.36. The predicted octanol–water partition coefficient (Wildman–Crippen LogP) is 0.770. The van der Waals surface area contributed by atoms with E-state index in [0.717, 1.165) is 12.5 Å². The fourth-order valence-electron chi connectivity index (χ4n) is 0.908. The molecule has 0 N–H and O–H groups in total. The first-order chi connectivity index (χ1) is 4.97. The van der Waals surface area contributed by atoms with Crippen molar-refractivity contribution >= 4 is 12.2 Å². The van der Waals surface area contributed by atoms with E-state index in [0.29, 0.717) is 0 Å². The topological polar surface area (TPSA) is 28.0 Å². The molecule has 0 fully saturated rings. The van der Waals surface area contributed by atoms with Crippen LogP contribution in [0.4, 0.5) is 0 Å². The van der Waals surface area contributed by atoms with Crippen LogP contribution in [0, 0.1) is 0 Å². The van der Waals surface area contributed by atoms with Gasteiger partial charge in [0.05, 0.1) is 6.54 Å². The highest BCUT2D eigenvalue weighted by Gasteiger charge is 2.07. The minimum absolute atomic E-state index is 0.747. The molecule has 0 saturated heterocycles. The van der Waals surface area contributed by atoms with Gasteiger partial charge in [-0.2, -0.15) is 0 Å². The van der Waals surface area contributed by atoms with E-state index in [1.165, 1.54) is 0 Å². The zero-order valence-electron chi connectivity index (χ0n) is 5.44. The second-order valence-electron chi connectivity index (χ2n) is 2.05. The summed E-state index contributed by atoms with van der Waals surface area (Å²) < 4.78 is 0. The lowest BCUT2D eigenvalue weighted by Crippen LogP contribution is -2.23. The van der Waals surface area contributed by atoms with Crippen molar-refractivity contribution in [1.29, 1.82) is 0 Å². The second kappa shape index (κ2) is 2.10. The molecule has 0 aliphatic carbocycles. The number of nitrogens with zero attached hydrogens (tertiary/aromatic N) is 3. The maximum absolute atomic E-state index is 4.16. The van der Waals surface area contributed by atoms with Crippen molar-refractivity contribution in [3.63, 3.8) is 0 Å². The highest BCUT2D eigenvalue weighted by atomic mass is 15.3. The number of guanidine groups is 1. The Balaban J connectivity index is 2.33. The lowest BCUT2D eigenvalue weighted by molar-refractivity contribution is 0.720. The average Bonchev–Trinajstić information content (AvgIpc) is 2.05. The molecule has 0 saturated carbocycles. The Hall–Kier alpha value is -1.38. The van der Waals surface area contributed by atoms with Crippen LogP contribution in [-0.4, -0.2) is 23.6 Å². The minimum Gasteiger partial charge on any atom is -0.293 e. The van der Waals surface area contributed by atoms with Crippen LogP contribution < -0.4 is 0 Å². The normalized spacial score (nSPS) is 20.8. The van der Waals surface area contributed by atoms with Gasteiger partial charge in [-0.1, -0.05) is 0 Å². The molecule has 0 amide bonds. The molecule has 2 aliphatic rings. The number of rotatable bonds is 0. The van der Waals surface area contributed by atoms with Crippen molar-refractivity contribution in [2.24, 2.45) is 9.98 Å². The summed E-state index contributed by atoms with van der Waals surface area (Å²) in [5.74, 6) is 0.782. The molecule has 0 radical (unpaired) electrons. The van der Waals surface area contributed by atoms with Crippen LogP contribution in [0.25, 0.3) is 0 Å². The number of aliphatic imine (C=N–C) groups is 2. The van der Waals surface area contributed by atoms with Crippen LogP contribution in [0.2, 0.25) is 0 Å². The molecule has 0 aromatic heterocycles. The zero-order chi connectivity index (χ0) is 6.81. The van der Waals surface area contributed by atoms with E-state index >= 15 is 0 Å². The van der Waals surface area contributed by atoms with E-state index in [-0.39, 0.29) is 0 Å². The van der Waals surface area contributed by atoms with E-state index in [2.05, 4.69) is 9.98 Å². The quantitative estimate of drug-likeness (QED) is 0.479. The summed E-state index contributed by atoms with van der Waals surface area (Å²) in [7, 11) is 0. The van der Waals surface area contributed by atoms with Crippen molar-refractivity contribution in [3.05, 3.63) is 24.6 Å². The molecule has 2 aliphatic heterocycles. The molecular weight excluding hydrogens is 126 g/mol. The Morgan fingerprint density at radius 2 is 2.40 bits per heavy atom. The van der Waals surface area contributed by atoms with Crippen LogP contribution >= 0.6 is 0 Å². The summed E-state index contributed by atoms with van der Waals surface area (Å²) in [5.41, 5.74) is 0. The Kier molecular flexibility index (Phi) is 1.13. The molecule has 0 aromatic carbocycles. The zero-order valence-corrected chi connectivity index (χ0v) is 5.44. The Labute approximate surface area is 59.1 Å². The molecule has 3 nitrogen and oxygen atoms in total. The average molecular weight is 133 g/mol. The van der Waals surface area contributed by atoms with Gasteiger partial charge in [0.1, 0.15) is 0 Å². The number of fused-ring (bicyclic) bond motifs is 1. The molecule has 2 heterocycles. The van der Waals surface area contributed by atoms with Crippen LogP contribution in [0.3, 0.4) is 0 Å². The largest absolute Gasteiger partial charge is 0.293 e. The number of hydrogen-bond acceptors (Lipinski definition) is 3. The molecular formula is C7H7N3. The molecule has 0 bridgehead atoms. The lowest BCUT2D eigenvalue weighted by Gasteiger charge is -2.18. The van der Waals surface area contributed by atoms with Crippen molar-refractivity contribution in [2.45, 2.75) is 0 Å². The van der Waals surface area contributed by atoms with Gasteiger partial charge in [-0.25, -0.2) is 9.98 Å². The minimum atomic E-state index is 0.747. The van der Waals surface area contributed by atoms with Gasteiger partial charge in [0.2, 0.25) is 5.96 Å². The summed E-state index contributed by atoms with van der Waals surface area (Å²) in [4.78, 5) is 10.1. The first kappa shape index (κ1) is 5.41. The maximum atomic E-state index is 4.16. The molecule has 3 heteroatoms. The standard InChI is InChI=1S/C7H7N3/c1-3-8-7-9-4-2-6-10(7)5-1/h1-3,5-6H,4H2. The molecule has 0 spiro atoms. The van der Waals surface area contributed by atoms with Gasteiger partial charge in [0.25, 0.3) is 0 Å². The Morgan fingerprint density at radius 1 is 1.40 bits per heavy atom. The lowest BCUT2D eigenvalue weighted by atomic mass is 10.4. The highest BCUT2D eigenvalue weighted by Crippen LogP contribution is 2.04. The highest BCUT2D eigenvalue weighted by molar-refractivity contribution is 5.95. The molecule has 0 unspecified atom stereocenters. The van der Waals surface area contributed by atoms with E-state index in [4.69, 9.17) is 0 Å². The van der Waals surface area contributed by atoms with Gasteiger partial charge in [-0.3, -0.25) is 4.90 Å². The second-order valence-corrected chi connectivity index (χ2v) is 2.05. The van der Waals surface area contributed by atoms with E-state index < -0.39 is 0 Å². The molecule has 2 rings (SSSR count). The summed E-state index contributed by atoms with van der Waals surface area (Å²) in [6.45, 7) is 0.747. The van der Waals surface area contributed by atoms with Crippen LogP contribution in [-0.2, 0) is 0 Å². The van der Waals surface area contributed by atoms with Crippen molar-refractivity contribution in [3.8, 4) is 0 Å². The third-order valence-electron chi connectivity index (χ3n) is 1.36. The summed E-state index contributed by atoms with van der Waals surface area (Å²) in [5, 5.41) is 0. The molecule has 0 aromatic rings. The van der Waals surface area contributed by atoms with Gasteiger partial charge in [-0.05, 0) is 12.2 Å². The Morgan fingerprint density at radius 3 is 3.30 bits per heavy atom. The third kappa shape index (κ3) is 0.757. The smallest absolute Gasteiger partial charge is 0.229 e. The van der Waals surface area contributed by atoms with Gasteiger partial charge in [0, 0.05) is 18.6 Å². The first-order valence-electron chi connectivity index (χ1n) is 3.17. The van der Waals surface area contributed by atoms with E-state index in [9.17, 15) is 0 Å². The molecule has 0 atom stereocenters. The van der Waals surface area contributed by atoms with Crippen LogP contribution in [0.1, 0.15) is 0 Å². The monoisotopic (exact) mass is 133 g/mol. The number of allylic oxidation sites excluding steroid dienone is 1. The Bertz CT molecular complexity index is 248. The summed E-state index contributed by atoms with van der Waals surface area (Å²) in [6, 6.07) is 0. The van der Waals surface area contributed by atoms with Crippen molar-refractivity contribution in [1.82, 2.24) is 4.90 Å². The molecule has 50 valence electrons. The van der Waals surface area contributed by atoms with Gasteiger partial charge in [0.15, 0.2) is 0 Å². The first-order valence-corrected chi connectivity index (χ1v) is 3.17. The van der Waals surface area contributed by atoms with Gasteiger partial charge < -0.3 is 0 Å². The van der Waals surface area contributed by atoms with E-state index in [1.54, 1.807) is 6.21 Å². The van der Waals surface area contributed by atoms with Gasteiger partial charge >= 0.3 is 0 Å². The SMILES string of the molecule is C1=CN2C=CCN=C2N=C1. The van der Waals surface area contributed by atoms with Gasteiger partial charge in [-0.15, -0.1) is 0 Å². The van der Waals surface area contributed by atoms with Crippen LogP contribution in [0.5, 0.6) is 0 Å². The van der Waals surface area contributed by atoms with Crippen molar-refractivity contribution in [2.75, 3.05) is 6.54 Å². The summed E-state index contributed by atoms with van der Waals surface area (Å²) >= 11 is 0. The summed E-state index contributed by atoms with van der Waals surface area (Å²) in [6.07, 6.45) is 9.52. The maximum Gasteiger partial charge on any atom is 0.229 e. The fraction of sp³-hybridized carbons (Fsp3) is 0.143. The predicted molar refractivity (Wildman–Crippen MR) is 40.9 cm³/mol. The fourth-order valence-corrected chi connectivity index (χ4v) is 0.908. The van der Waals surface area contributed by atoms with Crippen molar-refractivity contribution < 1.29 is 0 Å². The molecule has 10 heavy (non-hydrogen) atoms. The van der Waals surface area contributed by atoms with E-state index in [1.807, 2.05) is 29.5 Å².